The van der Waals surface area contributed by atoms with Crippen LogP contribution in [-0.4, -0.2) is 18.6 Å². The Morgan fingerprint density at radius 1 is 1.22 bits per heavy atom. The van der Waals surface area contributed by atoms with Crippen LogP contribution in [0.5, 0.6) is 11.5 Å². The van der Waals surface area contributed by atoms with Gasteiger partial charge < -0.3 is 15.2 Å². The van der Waals surface area contributed by atoms with Crippen molar-refractivity contribution >= 4 is 12.1 Å². The number of carbonyl (C=O) groups excluding carboxylic acids is 1. The predicted molar refractivity (Wildman–Crippen MR) is 91.3 cm³/mol. The van der Waals surface area contributed by atoms with Gasteiger partial charge in [0, 0.05) is 18.3 Å². The van der Waals surface area contributed by atoms with Crippen molar-refractivity contribution < 1.29 is 14.6 Å². The summed E-state index contributed by atoms with van der Waals surface area (Å²) in [6.07, 6.45) is 0.403. The number of nitrogens with two attached hydrogens (primary N) is 1. The van der Waals surface area contributed by atoms with E-state index in [1.165, 1.54) is 5.56 Å². The Labute approximate surface area is 136 Å². The molecule has 0 bridgehead atoms. The van der Waals surface area contributed by atoms with Gasteiger partial charge in [-0.15, -0.1) is 0 Å². The van der Waals surface area contributed by atoms with Crippen LogP contribution in [-0.2, 0) is 11.4 Å². The van der Waals surface area contributed by atoms with Crippen molar-refractivity contribution in [2.75, 3.05) is 12.4 Å². The fraction of sp³-hybridized carbons (Fsp3) is 0.235. The van der Waals surface area contributed by atoms with E-state index in [9.17, 15) is 5.11 Å². The number of rotatable bonds is 5. The van der Waals surface area contributed by atoms with Gasteiger partial charge in [-0.05, 0) is 49.2 Å². The number of phenols is 1. The molecule has 1 amide bonds. The zero-order valence-corrected chi connectivity index (χ0v) is 13.6. The van der Waals surface area contributed by atoms with Crippen LogP contribution in [0.2, 0.25) is 0 Å². The molecule has 23 heavy (non-hydrogen) atoms. The Morgan fingerprint density at radius 2 is 1.91 bits per heavy atom. The maximum atomic E-state index is 9.38. The van der Waals surface area contributed by atoms with Crippen molar-refractivity contribution in [1.29, 1.82) is 0 Å². The minimum absolute atomic E-state index is 0.261. The first kappa shape index (κ1) is 18.3. The zero-order valence-electron chi connectivity index (χ0n) is 13.6. The van der Waals surface area contributed by atoms with Gasteiger partial charge in [0.15, 0.2) is 0 Å². The van der Waals surface area contributed by atoms with E-state index >= 15 is 0 Å². The number of carbonyl (C=O) groups is 1. The van der Waals surface area contributed by atoms with Crippen molar-refractivity contribution in [3.8, 4) is 11.5 Å². The number of benzene rings is 2. The summed E-state index contributed by atoms with van der Waals surface area (Å²) in [5.74, 6) is 5.47. The molecule has 2 aromatic carbocycles. The van der Waals surface area contributed by atoms with E-state index < -0.39 is 0 Å². The van der Waals surface area contributed by atoms with Gasteiger partial charge in [0.2, 0.25) is 6.41 Å². The van der Waals surface area contributed by atoms with Crippen molar-refractivity contribution in [3.05, 3.63) is 53.1 Å². The van der Waals surface area contributed by atoms with E-state index in [2.05, 4.69) is 24.1 Å². The van der Waals surface area contributed by atoms with Gasteiger partial charge in [-0.25, -0.2) is 5.84 Å². The minimum atomic E-state index is 0.261. The van der Waals surface area contributed by atoms with Crippen LogP contribution < -0.4 is 21.3 Å². The van der Waals surface area contributed by atoms with Crippen LogP contribution in [0.25, 0.3) is 0 Å². The highest BCUT2D eigenvalue weighted by atomic mass is 16.5. The molecule has 0 atom stereocenters. The lowest BCUT2D eigenvalue weighted by Gasteiger charge is -2.14. The molecule has 6 heteroatoms. The summed E-state index contributed by atoms with van der Waals surface area (Å²) in [6, 6.07) is 11.3. The fourth-order valence-corrected chi connectivity index (χ4v) is 2.07. The van der Waals surface area contributed by atoms with E-state index in [0.717, 1.165) is 22.6 Å². The smallest absolute Gasteiger partial charge is 0.221 e. The number of aryl methyl sites for hydroxylation is 2. The first-order valence-electron chi connectivity index (χ1n) is 7.12. The number of phenolic OH excluding ortho intramolecular Hbond substituents is 1. The normalized spacial score (nSPS) is 9.39. The Hall–Kier alpha value is -2.73. The van der Waals surface area contributed by atoms with Gasteiger partial charge in [0.1, 0.15) is 18.1 Å². The molecule has 0 aliphatic rings. The molecule has 124 valence electrons. The van der Waals surface area contributed by atoms with E-state index in [4.69, 9.17) is 9.53 Å². The second kappa shape index (κ2) is 9.32. The molecule has 0 aliphatic heterocycles. The third-order valence-corrected chi connectivity index (χ3v) is 3.28. The van der Waals surface area contributed by atoms with Crippen LogP contribution in [0.4, 0.5) is 5.69 Å². The highest BCUT2D eigenvalue weighted by Crippen LogP contribution is 2.25. The molecule has 0 radical (unpaired) electrons. The highest BCUT2D eigenvalue weighted by Gasteiger charge is 2.07. The van der Waals surface area contributed by atoms with Crippen molar-refractivity contribution in [2.24, 2.45) is 5.84 Å². The standard InChI is InChI=1S/C16H19NO2.CH4N2O/c1-11-5-4-6-15(17-3)14(11)10-19-16-8-7-13(18)9-12(16)2;2-3-1-4/h4-9,17-18H,10H2,1-3H3;1H,2H2,(H,3,4). The molecule has 0 saturated heterocycles. The van der Waals surface area contributed by atoms with E-state index in [-0.39, 0.29) is 5.75 Å². The number of hydrogen-bond acceptors (Lipinski definition) is 5. The lowest BCUT2D eigenvalue weighted by atomic mass is 10.1. The topological polar surface area (TPSA) is 96.6 Å². The predicted octanol–water partition coefficient (Wildman–Crippen LogP) is 2.24. The largest absolute Gasteiger partial charge is 0.508 e. The number of hydrazine groups is 1. The van der Waals surface area contributed by atoms with Gasteiger partial charge in [0.25, 0.3) is 0 Å². The molecule has 0 fully saturated rings. The molecular formula is C17H23N3O3. The molecule has 0 spiro atoms. The third kappa shape index (κ3) is 5.52. The zero-order chi connectivity index (χ0) is 17.2. The van der Waals surface area contributed by atoms with Gasteiger partial charge >= 0.3 is 0 Å². The lowest BCUT2D eigenvalue weighted by molar-refractivity contribution is -0.109. The first-order valence-corrected chi connectivity index (χ1v) is 7.12. The number of nitrogens with one attached hydrogen (secondary N) is 2. The summed E-state index contributed by atoms with van der Waals surface area (Å²) in [6.45, 7) is 4.50. The summed E-state index contributed by atoms with van der Waals surface area (Å²) in [5.41, 5.74) is 6.11. The average molecular weight is 317 g/mol. The van der Waals surface area contributed by atoms with Crippen molar-refractivity contribution in [1.82, 2.24) is 5.43 Å². The average Bonchev–Trinajstić information content (AvgIpc) is 2.55. The van der Waals surface area contributed by atoms with Gasteiger partial charge in [-0.3, -0.25) is 10.2 Å². The van der Waals surface area contributed by atoms with Gasteiger partial charge in [-0.2, -0.15) is 0 Å². The fourth-order valence-electron chi connectivity index (χ4n) is 2.07. The van der Waals surface area contributed by atoms with E-state index in [1.807, 2.05) is 26.1 Å². The Balaban J connectivity index is 0.000000593. The van der Waals surface area contributed by atoms with Crippen LogP contribution in [0.1, 0.15) is 16.7 Å². The SMILES string of the molecule is CNc1cccc(C)c1COc1ccc(O)cc1C.NNC=O. The Kier molecular flexibility index (Phi) is 7.42. The molecule has 0 heterocycles. The summed E-state index contributed by atoms with van der Waals surface area (Å²) in [4.78, 5) is 8.94. The van der Waals surface area contributed by atoms with Crippen molar-refractivity contribution in [3.63, 3.8) is 0 Å². The monoisotopic (exact) mass is 317 g/mol. The maximum Gasteiger partial charge on any atom is 0.221 e. The molecule has 0 aliphatic carbocycles. The molecule has 6 nitrogen and oxygen atoms in total. The maximum absolute atomic E-state index is 9.38. The minimum Gasteiger partial charge on any atom is -0.508 e. The number of aromatic hydroxyl groups is 1. The summed E-state index contributed by atoms with van der Waals surface area (Å²) in [5, 5.41) is 12.6. The van der Waals surface area contributed by atoms with Gasteiger partial charge in [-0.1, -0.05) is 12.1 Å². The summed E-state index contributed by atoms with van der Waals surface area (Å²) >= 11 is 0. The van der Waals surface area contributed by atoms with Crippen LogP contribution in [0.3, 0.4) is 0 Å². The van der Waals surface area contributed by atoms with E-state index in [1.54, 1.807) is 23.6 Å². The van der Waals surface area contributed by atoms with Crippen LogP contribution in [0, 0.1) is 13.8 Å². The number of anilines is 1. The molecule has 0 unspecified atom stereocenters. The van der Waals surface area contributed by atoms with Crippen LogP contribution in [0.15, 0.2) is 36.4 Å². The second-order valence-corrected chi connectivity index (χ2v) is 4.87. The molecule has 5 N–H and O–H groups in total. The van der Waals surface area contributed by atoms with Crippen LogP contribution >= 0.6 is 0 Å². The number of amides is 1. The molecule has 2 aromatic rings. The molecule has 0 saturated carbocycles. The van der Waals surface area contributed by atoms with Crippen molar-refractivity contribution in [2.45, 2.75) is 20.5 Å². The number of ether oxygens (including phenoxy) is 1. The highest BCUT2D eigenvalue weighted by molar-refractivity contribution is 5.54. The van der Waals surface area contributed by atoms with Gasteiger partial charge in [0.05, 0.1) is 0 Å². The quantitative estimate of drug-likeness (QED) is 0.293. The Bertz CT molecular complexity index is 645. The Morgan fingerprint density at radius 3 is 2.48 bits per heavy atom. The molecule has 0 aromatic heterocycles. The lowest BCUT2D eigenvalue weighted by Crippen LogP contribution is -2.18. The first-order chi connectivity index (χ1) is 11.0. The second-order valence-electron chi connectivity index (χ2n) is 4.87. The molecular weight excluding hydrogens is 294 g/mol. The van der Waals surface area contributed by atoms with E-state index in [0.29, 0.717) is 13.0 Å². The number of hydrogen-bond donors (Lipinski definition) is 4. The molecule has 2 rings (SSSR count). The summed E-state index contributed by atoms with van der Waals surface area (Å²) < 4.78 is 5.85. The summed E-state index contributed by atoms with van der Waals surface area (Å²) in [7, 11) is 1.91. The third-order valence-electron chi connectivity index (χ3n) is 3.28.